The number of allylic oxidation sites excluding steroid dienone is 1. The summed E-state index contributed by atoms with van der Waals surface area (Å²) in [6.45, 7) is 1.61. The highest BCUT2D eigenvalue weighted by atomic mass is 32.2. The van der Waals surface area contributed by atoms with Crippen LogP contribution in [0.1, 0.15) is 18.1 Å². The van der Waals surface area contributed by atoms with Crippen LogP contribution in [0.3, 0.4) is 0 Å². The molecule has 3 aromatic rings. The maximum Gasteiger partial charge on any atom is 0.420 e. The van der Waals surface area contributed by atoms with Gasteiger partial charge in [-0.2, -0.15) is 13.2 Å². The first-order chi connectivity index (χ1) is 15.6. The molecule has 33 heavy (non-hydrogen) atoms. The van der Waals surface area contributed by atoms with Crippen LogP contribution in [-0.2, 0) is 11.0 Å². The molecule has 1 N–H and O–H groups in total. The number of benzene rings is 3. The number of hydrogen-bond acceptors (Lipinski definition) is 4. The van der Waals surface area contributed by atoms with Crippen LogP contribution < -0.4 is 10.1 Å². The average molecular weight is 490 g/mol. The second-order valence-electron chi connectivity index (χ2n) is 7.12. The molecule has 9 heteroatoms. The summed E-state index contributed by atoms with van der Waals surface area (Å²) in [4.78, 5) is 12.5. The molecular formula is C24H15F4NO2S2. The van der Waals surface area contributed by atoms with E-state index in [-0.39, 0.29) is 26.1 Å². The van der Waals surface area contributed by atoms with Crippen molar-refractivity contribution in [2.24, 2.45) is 0 Å². The van der Waals surface area contributed by atoms with Crippen molar-refractivity contribution in [3.8, 4) is 22.6 Å². The second kappa shape index (κ2) is 8.99. The topological polar surface area (TPSA) is 38.3 Å². The number of alkyl halides is 3. The Morgan fingerprint density at radius 1 is 1.03 bits per heavy atom. The van der Waals surface area contributed by atoms with Gasteiger partial charge in [-0.05, 0) is 65.6 Å². The standard InChI is InChI=1S/C24H15F4NO2S2/c1-13(21-22(30)29-23(32)33-21)15-11-18(14-6-5-7-16(25)10-14)20(24(26,27)28)19(12-15)31-17-8-3-2-4-9-17/h2-12H,1H3,(H,29,30,32)/b21-13-. The number of hydrogen-bond donors (Lipinski definition) is 1. The number of ether oxygens (including phenoxy) is 1. The Kier molecular flexibility index (Phi) is 6.27. The largest absolute Gasteiger partial charge is 0.457 e. The third-order valence-corrected chi connectivity index (χ3v) is 6.22. The third kappa shape index (κ3) is 4.94. The lowest BCUT2D eigenvalue weighted by Gasteiger charge is -2.20. The van der Waals surface area contributed by atoms with Crippen LogP contribution in [0.2, 0.25) is 0 Å². The van der Waals surface area contributed by atoms with E-state index in [0.717, 1.165) is 23.9 Å². The Morgan fingerprint density at radius 3 is 2.36 bits per heavy atom. The van der Waals surface area contributed by atoms with E-state index >= 15 is 0 Å². The molecule has 3 nitrogen and oxygen atoms in total. The summed E-state index contributed by atoms with van der Waals surface area (Å²) < 4.78 is 62.7. The number of rotatable bonds is 4. The Morgan fingerprint density at radius 2 is 1.76 bits per heavy atom. The summed E-state index contributed by atoms with van der Waals surface area (Å²) in [5.41, 5.74) is -0.551. The van der Waals surface area contributed by atoms with Gasteiger partial charge in [0.15, 0.2) is 0 Å². The fraction of sp³-hybridized carbons (Fsp3) is 0.0833. The fourth-order valence-electron chi connectivity index (χ4n) is 3.40. The smallest absolute Gasteiger partial charge is 0.420 e. The maximum atomic E-state index is 14.3. The van der Waals surface area contributed by atoms with E-state index < -0.39 is 29.2 Å². The molecule has 0 atom stereocenters. The van der Waals surface area contributed by atoms with Crippen molar-refractivity contribution in [1.82, 2.24) is 5.32 Å². The van der Waals surface area contributed by atoms with Crippen molar-refractivity contribution >= 4 is 39.8 Å². The van der Waals surface area contributed by atoms with Gasteiger partial charge >= 0.3 is 6.18 Å². The van der Waals surface area contributed by atoms with Crippen molar-refractivity contribution in [2.75, 3.05) is 0 Å². The van der Waals surface area contributed by atoms with Gasteiger partial charge in [0.05, 0.1) is 4.91 Å². The molecule has 1 saturated heterocycles. The van der Waals surface area contributed by atoms with E-state index in [9.17, 15) is 22.4 Å². The van der Waals surface area contributed by atoms with Crippen LogP contribution in [0.5, 0.6) is 11.5 Å². The highest BCUT2D eigenvalue weighted by molar-refractivity contribution is 8.26. The molecule has 168 valence electrons. The van der Waals surface area contributed by atoms with E-state index in [0.29, 0.717) is 11.1 Å². The van der Waals surface area contributed by atoms with Crippen molar-refractivity contribution < 1.29 is 27.1 Å². The predicted octanol–water partition coefficient (Wildman–Crippen LogP) is 7.18. The Hall–Kier alpha value is -3.17. The zero-order valence-electron chi connectivity index (χ0n) is 17.0. The predicted molar refractivity (Wildman–Crippen MR) is 124 cm³/mol. The SMILES string of the molecule is C/C(=C1/SC(=S)NC1=O)c1cc(Oc2ccccc2)c(C(F)(F)F)c(-c2cccc(F)c2)c1. The third-order valence-electron chi connectivity index (χ3n) is 4.88. The molecule has 0 bridgehead atoms. The van der Waals surface area contributed by atoms with Crippen LogP contribution >= 0.6 is 24.0 Å². The number of nitrogens with one attached hydrogen (secondary N) is 1. The van der Waals surface area contributed by atoms with Crippen molar-refractivity contribution in [1.29, 1.82) is 0 Å². The minimum atomic E-state index is -4.80. The van der Waals surface area contributed by atoms with Gasteiger partial charge in [0.25, 0.3) is 5.91 Å². The Balaban J connectivity index is 2.00. The number of thiocarbonyl (C=S) groups is 1. The summed E-state index contributed by atoms with van der Waals surface area (Å²) in [6.07, 6.45) is -4.80. The minimum absolute atomic E-state index is 0.0268. The van der Waals surface area contributed by atoms with Gasteiger partial charge < -0.3 is 10.1 Å². The summed E-state index contributed by atoms with van der Waals surface area (Å²) in [7, 11) is 0. The first-order valence-electron chi connectivity index (χ1n) is 9.62. The van der Waals surface area contributed by atoms with Gasteiger partial charge in [-0.15, -0.1) is 0 Å². The van der Waals surface area contributed by atoms with E-state index in [1.165, 1.54) is 36.4 Å². The second-order valence-corrected chi connectivity index (χ2v) is 8.81. The molecule has 1 aliphatic rings. The summed E-state index contributed by atoms with van der Waals surface area (Å²) in [6, 6.07) is 15.4. The summed E-state index contributed by atoms with van der Waals surface area (Å²) in [5, 5.41) is 2.50. The molecule has 3 aromatic carbocycles. The van der Waals surface area contributed by atoms with E-state index in [4.69, 9.17) is 17.0 Å². The molecule has 1 amide bonds. The summed E-state index contributed by atoms with van der Waals surface area (Å²) >= 11 is 6.05. The first-order valence-corrected chi connectivity index (χ1v) is 10.8. The van der Waals surface area contributed by atoms with E-state index in [2.05, 4.69) is 5.32 Å². The maximum absolute atomic E-state index is 14.3. The number of thioether (sulfide) groups is 1. The zero-order valence-corrected chi connectivity index (χ0v) is 18.6. The van der Waals surface area contributed by atoms with Gasteiger partial charge in [0, 0.05) is 0 Å². The molecule has 0 aliphatic carbocycles. The molecular weight excluding hydrogens is 474 g/mol. The molecule has 0 unspecified atom stereocenters. The van der Waals surface area contributed by atoms with E-state index in [1.807, 2.05) is 0 Å². The van der Waals surface area contributed by atoms with Crippen LogP contribution in [0.15, 0.2) is 71.6 Å². The number of amides is 1. The minimum Gasteiger partial charge on any atom is -0.457 e. The number of carbonyl (C=O) groups is 1. The molecule has 1 fully saturated rings. The van der Waals surface area contributed by atoms with Crippen LogP contribution in [-0.4, -0.2) is 10.2 Å². The molecule has 1 heterocycles. The molecule has 0 radical (unpaired) electrons. The Labute approximate surface area is 196 Å². The number of para-hydroxylation sites is 1. The monoisotopic (exact) mass is 489 g/mol. The molecule has 4 rings (SSSR count). The van der Waals surface area contributed by atoms with Crippen molar-refractivity contribution in [3.05, 3.63) is 88.6 Å². The zero-order chi connectivity index (χ0) is 23.8. The Bertz CT molecular complexity index is 1290. The fourth-order valence-corrected chi connectivity index (χ4v) is 4.48. The molecule has 1 aliphatic heterocycles. The van der Waals surface area contributed by atoms with Crippen molar-refractivity contribution in [3.63, 3.8) is 0 Å². The summed E-state index contributed by atoms with van der Waals surface area (Å²) in [5.74, 6) is -1.37. The van der Waals surface area contributed by atoms with Gasteiger partial charge in [-0.1, -0.05) is 54.3 Å². The lowest BCUT2D eigenvalue weighted by atomic mass is 9.93. The quantitative estimate of drug-likeness (QED) is 0.239. The van der Waals surface area contributed by atoms with Gasteiger partial charge in [0.2, 0.25) is 0 Å². The molecule has 0 saturated carbocycles. The normalized spacial score (nSPS) is 15.4. The highest BCUT2D eigenvalue weighted by Gasteiger charge is 2.39. The van der Waals surface area contributed by atoms with Crippen LogP contribution in [0.4, 0.5) is 17.6 Å². The van der Waals surface area contributed by atoms with Crippen LogP contribution in [0.25, 0.3) is 16.7 Å². The van der Waals surface area contributed by atoms with E-state index in [1.54, 1.807) is 25.1 Å². The number of carbonyl (C=O) groups excluding carboxylic acids is 1. The lowest BCUT2D eigenvalue weighted by molar-refractivity contribution is -0.138. The van der Waals surface area contributed by atoms with Gasteiger partial charge in [0.1, 0.15) is 27.2 Å². The average Bonchev–Trinajstić information content (AvgIpc) is 3.10. The first kappa shape index (κ1) is 23.0. The van der Waals surface area contributed by atoms with Gasteiger partial charge in [-0.25, -0.2) is 4.39 Å². The molecule has 0 spiro atoms. The molecule has 0 aromatic heterocycles. The highest BCUT2D eigenvalue weighted by Crippen LogP contribution is 2.46. The lowest BCUT2D eigenvalue weighted by Crippen LogP contribution is -2.18. The van der Waals surface area contributed by atoms with Crippen LogP contribution in [0, 0.1) is 5.82 Å². The number of halogens is 4. The van der Waals surface area contributed by atoms with Crippen molar-refractivity contribution in [2.45, 2.75) is 13.1 Å². The van der Waals surface area contributed by atoms with Gasteiger partial charge in [-0.3, -0.25) is 4.79 Å².